The van der Waals surface area contributed by atoms with Crippen molar-refractivity contribution in [3.05, 3.63) is 34.8 Å². The molecule has 1 aliphatic carbocycles. The Hall–Kier alpha value is -1.00. The first-order chi connectivity index (χ1) is 7.63. The summed E-state index contributed by atoms with van der Waals surface area (Å²) in [5.74, 6) is -0.363. The van der Waals surface area contributed by atoms with E-state index in [4.69, 9.17) is 4.18 Å². The van der Waals surface area contributed by atoms with Crippen LogP contribution in [0.25, 0.3) is 0 Å². The third-order valence-corrected chi connectivity index (χ3v) is 2.93. The van der Waals surface area contributed by atoms with E-state index in [2.05, 4.69) is 23.8 Å². The molecule has 0 spiro atoms. The van der Waals surface area contributed by atoms with Gasteiger partial charge in [0, 0.05) is 16.9 Å². The molecule has 3 nitrogen and oxygen atoms in total. The van der Waals surface area contributed by atoms with Gasteiger partial charge in [-0.1, -0.05) is 17.7 Å². The average molecular weight is 240 g/mol. The van der Waals surface area contributed by atoms with Gasteiger partial charge < -0.3 is 4.74 Å². The molecular weight excluding hydrogens is 224 g/mol. The number of ether oxygens (including phenoxy) is 1. The molecule has 0 aliphatic heterocycles. The van der Waals surface area contributed by atoms with Gasteiger partial charge in [-0.3, -0.25) is 4.18 Å². The maximum absolute atomic E-state index is 11.1. The van der Waals surface area contributed by atoms with Crippen molar-refractivity contribution in [2.75, 3.05) is 7.11 Å². The zero-order chi connectivity index (χ0) is 12.0. The van der Waals surface area contributed by atoms with Crippen LogP contribution in [0, 0.1) is 0 Å². The molecule has 1 rings (SSSR count). The highest BCUT2D eigenvalue weighted by Gasteiger charge is 2.14. The first-order valence-electron chi connectivity index (χ1n) is 5.08. The second-order valence-electron chi connectivity index (χ2n) is 3.53. The van der Waals surface area contributed by atoms with E-state index in [0.717, 1.165) is 11.3 Å². The van der Waals surface area contributed by atoms with Gasteiger partial charge >= 0.3 is 5.97 Å². The highest BCUT2D eigenvalue weighted by atomic mass is 32.2. The van der Waals surface area contributed by atoms with Gasteiger partial charge in [-0.25, -0.2) is 4.79 Å². The van der Waals surface area contributed by atoms with Gasteiger partial charge in [-0.15, -0.1) is 0 Å². The lowest BCUT2D eigenvalue weighted by molar-refractivity contribution is -0.147. The van der Waals surface area contributed by atoms with E-state index in [9.17, 15) is 4.79 Å². The third-order valence-electron chi connectivity index (χ3n) is 2.08. The normalized spacial score (nSPS) is 17.2. The van der Waals surface area contributed by atoms with Crippen molar-refractivity contribution < 1.29 is 13.7 Å². The van der Waals surface area contributed by atoms with Gasteiger partial charge in [0.1, 0.15) is 0 Å². The molecule has 0 saturated heterocycles. The molecule has 0 bridgehead atoms. The lowest BCUT2D eigenvalue weighted by Crippen LogP contribution is -2.19. The fourth-order valence-electron chi connectivity index (χ4n) is 1.10. The number of carbonyl (C=O) groups excluding carboxylic acids is 1. The Bertz CT molecular complexity index is 342. The monoisotopic (exact) mass is 240 g/mol. The molecule has 0 amide bonds. The third kappa shape index (κ3) is 4.24. The van der Waals surface area contributed by atoms with E-state index in [1.165, 1.54) is 24.7 Å². The van der Waals surface area contributed by atoms with Crippen molar-refractivity contribution in [2.24, 2.45) is 0 Å². The van der Waals surface area contributed by atoms with Crippen LogP contribution < -0.4 is 0 Å². The fourth-order valence-corrected chi connectivity index (χ4v) is 1.71. The summed E-state index contributed by atoms with van der Waals surface area (Å²) in [6.07, 6.45) is 8.48. The lowest BCUT2D eigenvalue weighted by atomic mass is 10.2. The van der Waals surface area contributed by atoms with Crippen LogP contribution in [0.5, 0.6) is 0 Å². The van der Waals surface area contributed by atoms with E-state index in [1.54, 1.807) is 6.92 Å². The number of methoxy groups -OCH3 is 1. The molecule has 1 atom stereocenters. The largest absolute Gasteiger partial charge is 0.467 e. The molecule has 0 radical (unpaired) electrons. The topological polar surface area (TPSA) is 35.5 Å². The molecule has 88 valence electrons. The zero-order valence-corrected chi connectivity index (χ0v) is 10.5. The summed E-state index contributed by atoms with van der Waals surface area (Å²) in [6.45, 7) is 3.74. The molecule has 0 saturated carbocycles. The number of hydrogen-bond acceptors (Lipinski definition) is 4. The van der Waals surface area contributed by atoms with E-state index in [-0.39, 0.29) is 5.97 Å². The molecular formula is C12H16O3S. The maximum Gasteiger partial charge on any atom is 0.336 e. The summed E-state index contributed by atoms with van der Waals surface area (Å²) >= 11 is 1.19. The second kappa shape index (κ2) is 6.55. The Morgan fingerprint density at radius 2 is 2.25 bits per heavy atom. The Labute approximate surface area is 100 Å². The molecule has 1 aliphatic rings. The molecule has 0 aromatic carbocycles. The summed E-state index contributed by atoms with van der Waals surface area (Å²) in [5, 5.41) is 0. The first kappa shape index (κ1) is 13.1. The van der Waals surface area contributed by atoms with Crippen molar-refractivity contribution >= 4 is 18.0 Å². The van der Waals surface area contributed by atoms with Gasteiger partial charge in [-0.2, -0.15) is 0 Å². The van der Waals surface area contributed by atoms with E-state index < -0.39 is 6.10 Å². The quantitative estimate of drug-likeness (QED) is 0.559. The molecule has 0 fully saturated rings. The minimum Gasteiger partial charge on any atom is -0.467 e. The van der Waals surface area contributed by atoms with Crippen LogP contribution in [0.1, 0.15) is 20.3 Å². The van der Waals surface area contributed by atoms with Crippen LogP contribution in [-0.4, -0.2) is 19.2 Å². The summed E-state index contributed by atoms with van der Waals surface area (Å²) in [4.78, 5) is 12.1. The molecule has 0 heterocycles. The number of allylic oxidation sites excluding steroid dienone is 5. The minimum atomic E-state index is -0.558. The predicted octanol–water partition coefficient (Wildman–Crippen LogP) is 3.00. The number of rotatable bonds is 4. The SMILES string of the molecule is COC(=O)C(C)OSC1=CC=C(C)CC=C1. The van der Waals surface area contributed by atoms with Crippen LogP contribution in [-0.2, 0) is 13.7 Å². The van der Waals surface area contributed by atoms with Crippen molar-refractivity contribution in [1.29, 1.82) is 0 Å². The highest BCUT2D eigenvalue weighted by Crippen LogP contribution is 2.23. The number of hydrogen-bond donors (Lipinski definition) is 0. The standard InChI is InChI=1S/C12H16O3S/c1-9-5-4-6-11(8-7-9)16-15-10(2)12(13)14-3/h4,6-8,10H,5H2,1-3H3. The number of carbonyl (C=O) groups is 1. The minimum absolute atomic E-state index is 0.363. The van der Waals surface area contributed by atoms with Crippen molar-refractivity contribution in [1.82, 2.24) is 0 Å². The molecule has 0 aromatic rings. The summed E-state index contributed by atoms with van der Waals surface area (Å²) in [5.41, 5.74) is 1.30. The second-order valence-corrected chi connectivity index (χ2v) is 4.36. The molecule has 1 unspecified atom stereocenters. The van der Waals surface area contributed by atoms with Crippen LogP contribution in [0.2, 0.25) is 0 Å². The average Bonchev–Trinajstić information content (AvgIpc) is 2.50. The van der Waals surface area contributed by atoms with Crippen LogP contribution in [0.15, 0.2) is 34.8 Å². The Morgan fingerprint density at radius 1 is 1.50 bits per heavy atom. The van der Waals surface area contributed by atoms with Crippen LogP contribution in [0.3, 0.4) is 0 Å². The van der Waals surface area contributed by atoms with Crippen molar-refractivity contribution in [2.45, 2.75) is 26.4 Å². The zero-order valence-electron chi connectivity index (χ0n) is 9.73. The van der Waals surface area contributed by atoms with Crippen LogP contribution >= 0.6 is 12.0 Å². The van der Waals surface area contributed by atoms with Gasteiger partial charge in [0.25, 0.3) is 0 Å². The van der Waals surface area contributed by atoms with E-state index in [1.807, 2.05) is 12.2 Å². The van der Waals surface area contributed by atoms with Gasteiger partial charge in [0.15, 0.2) is 6.10 Å². The first-order valence-corrected chi connectivity index (χ1v) is 5.83. The summed E-state index contributed by atoms with van der Waals surface area (Å²) < 4.78 is 9.89. The fraction of sp³-hybridized carbons (Fsp3) is 0.417. The maximum atomic E-state index is 11.1. The van der Waals surface area contributed by atoms with Gasteiger partial charge in [-0.05, 0) is 32.4 Å². The Balaban J connectivity index is 2.46. The molecule has 0 N–H and O–H groups in total. The summed E-state index contributed by atoms with van der Waals surface area (Å²) in [6, 6.07) is 0. The highest BCUT2D eigenvalue weighted by molar-refractivity contribution is 7.98. The van der Waals surface area contributed by atoms with Crippen molar-refractivity contribution in [3.8, 4) is 0 Å². The van der Waals surface area contributed by atoms with E-state index in [0.29, 0.717) is 0 Å². The van der Waals surface area contributed by atoms with E-state index >= 15 is 0 Å². The Morgan fingerprint density at radius 3 is 2.94 bits per heavy atom. The molecule has 16 heavy (non-hydrogen) atoms. The number of esters is 1. The Kier molecular flexibility index (Phi) is 5.35. The van der Waals surface area contributed by atoms with Crippen molar-refractivity contribution in [3.63, 3.8) is 0 Å². The lowest BCUT2D eigenvalue weighted by Gasteiger charge is -2.08. The van der Waals surface area contributed by atoms with Gasteiger partial charge in [0.2, 0.25) is 0 Å². The molecule has 0 aromatic heterocycles. The summed E-state index contributed by atoms with van der Waals surface area (Å²) in [7, 11) is 1.35. The predicted molar refractivity (Wildman–Crippen MR) is 65.8 cm³/mol. The smallest absolute Gasteiger partial charge is 0.336 e. The molecule has 4 heteroatoms. The van der Waals surface area contributed by atoms with Gasteiger partial charge in [0.05, 0.1) is 7.11 Å². The van der Waals surface area contributed by atoms with Crippen LogP contribution in [0.4, 0.5) is 0 Å².